The number of nitrogens with two attached hydrogens (primary N) is 1. The summed E-state index contributed by atoms with van der Waals surface area (Å²) in [5, 5.41) is 11.3. The first-order valence-corrected chi connectivity index (χ1v) is 4.66. The summed E-state index contributed by atoms with van der Waals surface area (Å²) >= 11 is 0. The van der Waals surface area contributed by atoms with E-state index in [9.17, 15) is 14.4 Å². The zero-order valence-electron chi connectivity index (χ0n) is 8.82. The average molecular weight is 216 g/mol. The summed E-state index contributed by atoms with van der Waals surface area (Å²) in [7, 11) is 1.42. The molecule has 4 N–H and O–H groups in total. The monoisotopic (exact) mass is 216 g/mol. The second-order valence-electron chi connectivity index (χ2n) is 3.24. The molecule has 2 amide bonds. The SMILES string of the molecule is CC[C@H](C(=O)NC)C(CC(N)=O)C(=O)O. The van der Waals surface area contributed by atoms with Crippen molar-refractivity contribution in [1.29, 1.82) is 0 Å². The van der Waals surface area contributed by atoms with E-state index >= 15 is 0 Å². The van der Waals surface area contributed by atoms with Crippen molar-refractivity contribution >= 4 is 17.8 Å². The number of carbonyl (C=O) groups is 3. The largest absolute Gasteiger partial charge is 0.481 e. The molecule has 0 aromatic heterocycles. The lowest BCUT2D eigenvalue weighted by Gasteiger charge is -2.19. The first kappa shape index (κ1) is 13.4. The van der Waals surface area contributed by atoms with E-state index in [1.807, 2.05) is 0 Å². The van der Waals surface area contributed by atoms with Crippen LogP contribution in [0, 0.1) is 11.8 Å². The molecular formula is C9H16N2O4. The molecule has 0 spiro atoms. The number of aliphatic carboxylic acids is 1. The second-order valence-corrected chi connectivity index (χ2v) is 3.24. The van der Waals surface area contributed by atoms with Crippen LogP contribution in [0.15, 0.2) is 0 Å². The minimum Gasteiger partial charge on any atom is -0.481 e. The van der Waals surface area contributed by atoms with Crippen molar-refractivity contribution in [2.24, 2.45) is 17.6 Å². The van der Waals surface area contributed by atoms with Crippen LogP contribution in [0.3, 0.4) is 0 Å². The predicted octanol–water partition coefficient (Wildman–Crippen LogP) is -0.665. The Kier molecular flexibility index (Phi) is 5.36. The van der Waals surface area contributed by atoms with Crippen LogP contribution < -0.4 is 11.1 Å². The van der Waals surface area contributed by atoms with Crippen LogP contribution in [-0.4, -0.2) is 29.9 Å². The molecule has 0 aliphatic rings. The van der Waals surface area contributed by atoms with E-state index in [-0.39, 0.29) is 12.3 Å². The van der Waals surface area contributed by atoms with Crippen LogP contribution in [-0.2, 0) is 14.4 Å². The Labute approximate surface area is 87.8 Å². The third-order valence-corrected chi connectivity index (χ3v) is 2.25. The molecule has 2 atom stereocenters. The van der Waals surface area contributed by atoms with Gasteiger partial charge in [0.2, 0.25) is 11.8 Å². The van der Waals surface area contributed by atoms with Gasteiger partial charge in [0.25, 0.3) is 0 Å². The van der Waals surface area contributed by atoms with Crippen molar-refractivity contribution in [3.05, 3.63) is 0 Å². The number of carbonyl (C=O) groups excluding carboxylic acids is 2. The molecule has 0 bridgehead atoms. The van der Waals surface area contributed by atoms with E-state index in [0.29, 0.717) is 6.42 Å². The van der Waals surface area contributed by atoms with Gasteiger partial charge in [0.1, 0.15) is 0 Å². The van der Waals surface area contributed by atoms with Crippen LogP contribution in [0.2, 0.25) is 0 Å². The molecule has 1 unspecified atom stereocenters. The van der Waals surface area contributed by atoms with Gasteiger partial charge in [-0.25, -0.2) is 0 Å². The highest BCUT2D eigenvalue weighted by atomic mass is 16.4. The highest BCUT2D eigenvalue weighted by Crippen LogP contribution is 2.20. The second kappa shape index (κ2) is 6.00. The summed E-state index contributed by atoms with van der Waals surface area (Å²) in [6.45, 7) is 1.69. The van der Waals surface area contributed by atoms with Crippen LogP contribution >= 0.6 is 0 Å². The summed E-state index contributed by atoms with van der Waals surface area (Å²) in [6, 6.07) is 0. The van der Waals surface area contributed by atoms with Crippen molar-refractivity contribution in [3.8, 4) is 0 Å². The van der Waals surface area contributed by atoms with Crippen LogP contribution in [0.1, 0.15) is 19.8 Å². The molecule has 0 aliphatic heterocycles. The normalized spacial score (nSPS) is 14.0. The molecule has 6 nitrogen and oxygen atoms in total. The zero-order valence-corrected chi connectivity index (χ0v) is 8.82. The maximum atomic E-state index is 11.3. The number of amides is 2. The number of hydrogen-bond acceptors (Lipinski definition) is 3. The lowest BCUT2D eigenvalue weighted by molar-refractivity contribution is -0.149. The highest BCUT2D eigenvalue weighted by molar-refractivity contribution is 5.87. The molecule has 6 heteroatoms. The van der Waals surface area contributed by atoms with E-state index in [4.69, 9.17) is 10.8 Å². The molecule has 86 valence electrons. The first-order valence-electron chi connectivity index (χ1n) is 4.66. The molecule has 0 saturated carbocycles. The molecule has 0 aromatic carbocycles. The number of carboxylic acids is 1. The molecule has 0 saturated heterocycles. The third-order valence-electron chi connectivity index (χ3n) is 2.25. The standard InChI is InChI=1S/C9H16N2O4/c1-3-5(8(13)11-2)6(9(14)15)4-7(10)12/h5-6H,3-4H2,1-2H3,(H2,10,12)(H,11,13)(H,14,15)/t5-,6?/m0/s1. The Hall–Kier alpha value is -1.59. The fraction of sp³-hybridized carbons (Fsp3) is 0.667. The Bertz CT molecular complexity index is 265. The predicted molar refractivity (Wildman–Crippen MR) is 52.8 cm³/mol. The number of carboxylic acid groups (broad SMARTS) is 1. The minimum absolute atomic E-state index is 0.318. The maximum absolute atomic E-state index is 11.3. The van der Waals surface area contributed by atoms with E-state index < -0.39 is 23.7 Å². The highest BCUT2D eigenvalue weighted by Gasteiger charge is 2.32. The quantitative estimate of drug-likeness (QED) is 0.547. The lowest BCUT2D eigenvalue weighted by Crippen LogP contribution is -2.38. The molecule has 0 rings (SSSR count). The van der Waals surface area contributed by atoms with E-state index in [1.165, 1.54) is 7.05 Å². The topological polar surface area (TPSA) is 109 Å². The maximum Gasteiger partial charge on any atom is 0.307 e. The van der Waals surface area contributed by atoms with Gasteiger partial charge in [-0.15, -0.1) is 0 Å². The first-order chi connectivity index (χ1) is 6.93. The summed E-state index contributed by atoms with van der Waals surface area (Å²) in [6.07, 6.45) is 0.0329. The summed E-state index contributed by atoms with van der Waals surface area (Å²) < 4.78 is 0. The van der Waals surface area contributed by atoms with Crippen molar-refractivity contribution in [2.45, 2.75) is 19.8 Å². The Balaban J connectivity index is 4.77. The summed E-state index contributed by atoms with van der Waals surface area (Å²) in [5.41, 5.74) is 4.93. The van der Waals surface area contributed by atoms with Gasteiger partial charge in [0.05, 0.1) is 11.8 Å². The van der Waals surface area contributed by atoms with Gasteiger partial charge < -0.3 is 16.2 Å². The van der Waals surface area contributed by atoms with Crippen LogP contribution in [0.25, 0.3) is 0 Å². The molecule has 0 fully saturated rings. The van der Waals surface area contributed by atoms with Crippen molar-refractivity contribution in [3.63, 3.8) is 0 Å². The van der Waals surface area contributed by atoms with E-state index in [0.717, 1.165) is 0 Å². The molecular weight excluding hydrogens is 200 g/mol. The van der Waals surface area contributed by atoms with Gasteiger partial charge in [-0.2, -0.15) is 0 Å². The number of rotatable bonds is 6. The summed E-state index contributed by atoms with van der Waals surface area (Å²) in [4.78, 5) is 32.9. The van der Waals surface area contributed by atoms with Gasteiger partial charge >= 0.3 is 5.97 Å². The van der Waals surface area contributed by atoms with Crippen molar-refractivity contribution < 1.29 is 19.5 Å². The molecule has 0 radical (unpaired) electrons. The Morgan fingerprint density at radius 3 is 2.13 bits per heavy atom. The number of hydrogen-bond donors (Lipinski definition) is 3. The van der Waals surface area contributed by atoms with Crippen molar-refractivity contribution in [2.75, 3.05) is 7.05 Å². The average Bonchev–Trinajstić information content (AvgIpc) is 2.16. The van der Waals surface area contributed by atoms with Gasteiger partial charge in [-0.3, -0.25) is 14.4 Å². The molecule has 0 aromatic rings. The van der Waals surface area contributed by atoms with E-state index in [1.54, 1.807) is 6.92 Å². The van der Waals surface area contributed by atoms with Crippen molar-refractivity contribution in [1.82, 2.24) is 5.32 Å². The number of primary amides is 1. The van der Waals surface area contributed by atoms with Crippen LogP contribution in [0.4, 0.5) is 0 Å². The van der Waals surface area contributed by atoms with Gasteiger partial charge in [-0.1, -0.05) is 6.92 Å². The fourth-order valence-electron chi connectivity index (χ4n) is 1.46. The van der Waals surface area contributed by atoms with Gasteiger partial charge in [0, 0.05) is 13.5 Å². The molecule has 0 aliphatic carbocycles. The minimum atomic E-state index is -1.18. The summed E-state index contributed by atoms with van der Waals surface area (Å²) in [5.74, 6) is -4.05. The Morgan fingerprint density at radius 2 is 1.87 bits per heavy atom. The van der Waals surface area contributed by atoms with Gasteiger partial charge in [0.15, 0.2) is 0 Å². The fourth-order valence-corrected chi connectivity index (χ4v) is 1.46. The smallest absolute Gasteiger partial charge is 0.307 e. The Morgan fingerprint density at radius 1 is 1.33 bits per heavy atom. The van der Waals surface area contributed by atoms with E-state index in [2.05, 4.69) is 5.32 Å². The van der Waals surface area contributed by atoms with Gasteiger partial charge in [-0.05, 0) is 6.42 Å². The molecule has 15 heavy (non-hydrogen) atoms. The number of nitrogens with one attached hydrogen (secondary N) is 1. The van der Waals surface area contributed by atoms with Crippen LogP contribution in [0.5, 0.6) is 0 Å². The molecule has 0 heterocycles. The third kappa shape index (κ3) is 3.97. The lowest BCUT2D eigenvalue weighted by atomic mass is 9.86. The zero-order chi connectivity index (χ0) is 12.0.